The highest BCUT2D eigenvalue weighted by Gasteiger charge is 2.73. The van der Waals surface area contributed by atoms with E-state index >= 15 is 0 Å². The lowest BCUT2D eigenvalue weighted by Crippen LogP contribution is -2.76. The molecule has 4 atom stereocenters. The number of nitrogens with one attached hydrogen (secondary N) is 1. The number of nitrogens with zero attached hydrogens (tertiary/aromatic N) is 1. The minimum atomic E-state index is -4.33. The van der Waals surface area contributed by atoms with Gasteiger partial charge >= 0.3 is 18.1 Å². The first-order chi connectivity index (χ1) is 23.9. The summed E-state index contributed by atoms with van der Waals surface area (Å²) >= 11 is 0. The van der Waals surface area contributed by atoms with Gasteiger partial charge in [0.15, 0.2) is 11.5 Å². The molecular weight excluding hydrogens is 649 g/mol. The summed E-state index contributed by atoms with van der Waals surface area (Å²) in [4.78, 5) is 37.7. The number of carbonyl (C=O) groups is 3. The van der Waals surface area contributed by atoms with Gasteiger partial charge in [-0.15, -0.1) is 0 Å². The predicted octanol–water partition coefficient (Wildman–Crippen LogP) is 6.43. The Morgan fingerprint density at radius 2 is 1.74 bits per heavy atom. The van der Waals surface area contributed by atoms with E-state index in [1.807, 2.05) is 12.1 Å². The SMILES string of the molecule is CC(=O)Oc1ccc2c3c1O[C@H]1CCC[C@@]4(OC(C)=O)[C@@H](C2)N(CCc2ccccc2)CC[C@]314.CNC(=O)/C=C/c1ccc(C(F)(F)F)cc1. The van der Waals surface area contributed by atoms with Gasteiger partial charge < -0.3 is 19.5 Å². The van der Waals surface area contributed by atoms with Crippen molar-refractivity contribution < 1.29 is 41.8 Å². The fourth-order valence-electron chi connectivity index (χ4n) is 8.51. The molecule has 1 amide bonds. The van der Waals surface area contributed by atoms with Crippen LogP contribution in [0.25, 0.3) is 6.08 Å². The van der Waals surface area contributed by atoms with E-state index in [0.29, 0.717) is 17.1 Å². The average Bonchev–Trinajstić information content (AvgIpc) is 3.42. The number of amides is 1. The Kier molecular flexibility index (Phi) is 9.81. The summed E-state index contributed by atoms with van der Waals surface area (Å²) in [6, 6.07) is 19.2. The van der Waals surface area contributed by atoms with Crippen LogP contribution in [0.15, 0.2) is 72.8 Å². The summed E-state index contributed by atoms with van der Waals surface area (Å²) in [5.74, 6) is 0.273. The summed E-state index contributed by atoms with van der Waals surface area (Å²) < 4.78 is 55.2. The molecule has 7 rings (SSSR count). The van der Waals surface area contributed by atoms with Crippen LogP contribution < -0.4 is 14.8 Å². The number of likely N-dealkylation sites (N-methyl/N-ethyl adjacent to an activating group) is 1. The number of hydrogen-bond donors (Lipinski definition) is 1. The van der Waals surface area contributed by atoms with Crippen molar-refractivity contribution in [2.75, 3.05) is 20.1 Å². The van der Waals surface area contributed by atoms with Crippen LogP contribution in [0, 0.1) is 0 Å². The van der Waals surface area contributed by atoms with Crippen LogP contribution in [0.2, 0.25) is 0 Å². The maximum atomic E-state index is 12.6. The lowest BCUT2D eigenvalue weighted by molar-refractivity contribution is -0.215. The maximum Gasteiger partial charge on any atom is 0.416 e. The van der Waals surface area contributed by atoms with E-state index in [-0.39, 0.29) is 30.0 Å². The number of ether oxygens (including phenoxy) is 3. The van der Waals surface area contributed by atoms with Crippen molar-refractivity contribution in [2.24, 2.45) is 0 Å². The monoisotopic (exact) mass is 690 g/mol. The van der Waals surface area contributed by atoms with Crippen molar-refractivity contribution in [2.45, 2.75) is 81.7 Å². The molecule has 2 fully saturated rings. The quantitative estimate of drug-likeness (QED) is 0.174. The summed E-state index contributed by atoms with van der Waals surface area (Å²) in [5.41, 5.74) is 2.47. The molecule has 1 saturated carbocycles. The number of hydrogen-bond acceptors (Lipinski definition) is 7. The lowest BCUT2D eigenvalue weighted by atomic mass is 9.49. The number of piperidine rings is 1. The van der Waals surface area contributed by atoms with E-state index in [0.717, 1.165) is 69.3 Å². The third-order valence-electron chi connectivity index (χ3n) is 10.4. The van der Waals surface area contributed by atoms with E-state index in [1.54, 1.807) is 0 Å². The molecule has 1 spiro atoms. The Labute approximate surface area is 289 Å². The Hall–Kier alpha value is -4.64. The molecule has 0 unspecified atom stereocenters. The highest BCUT2D eigenvalue weighted by Crippen LogP contribution is 2.66. The van der Waals surface area contributed by atoms with Crippen molar-refractivity contribution in [3.63, 3.8) is 0 Å². The molecule has 264 valence electrons. The molecule has 2 bridgehead atoms. The molecule has 4 aliphatic rings. The van der Waals surface area contributed by atoms with Gasteiger partial charge in [-0.05, 0) is 86.0 Å². The van der Waals surface area contributed by atoms with Gasteiger partial charge in [0.05, 0.1) is 17.0 Å². The molecule has 1 saturated heterocycles. The average molecular weight is 691 g/mol. The molecule has 0 aromatic heterocycles. The Bertz CT molecular complexity index is 1780. The Morgan fingerprint density at radius 1 is 1.00 bits per heavy atom. The molecule has 50 heavy (non-hydrogen) atoms. The number of likely N-dealkylation sites (tertiary alicyclic amines) is 1. The highest BCUT2D eigenvalue weighted by molar-refractivity contribution is 5.91. The number of benzene rings is 3. The van der Waals surface area contributed by atoms with Crippen LogP contribution in [0.1, 0.15) is 67.3 Å². The first kappa shape index (κ1) is 35.2. The van der Waals surface area contributed by atoms with E-state index in [9.17, 15) is 27.6 Å². The van der Waals surface area contributed by atoms with Gasteiger partial charge in [-0.3, -0.25) is 19.3 Å². The van der Waals surface area contributed by atoms with Gasteiger partial charge in [-0.2, -0.15) is 13.2 Å². The Balaban J connectivity index is 0.000000228. The largest absolute Gasteiger partial charge is 0.485 e. The van der Waals surface area contributed by atoms with E-state index < -0.39 is 22.8 Å². The molecule has 2 aliphatic carbocycles. The van der Waals surface area contributed by atoms with Gasteiger partial charge in [0.1, 0.15) is 11.7 Å². The van der Waals surface area contributed by atoms with Gasteiger partial charge in [-0.25, -0.2) is 0 Å². The molecule has 1 N–H and O–H groups in total. The topological polar surface area (TPSA) is 94.2 Å². The zero-order valence-corrected chi connectivity index (χ0v) is 28.3. The zero-order chi connectivity index (χ0) is 35.7. The van der Waals surface area contributed by atoms with Crippen LogP contribution >= 0.6 is 0 Å². The number of alkyl halides is 3. The van der Waals surface area contributed by atoms with Gasteiger partial charge in [0.2, 0.25) is 5.91 Å². The number of carbonyl (C=O) groups excluding carboxylic acids is 3. The van der Waals surface area contributed by atoms with Gasteiger partial charge in [-0.1, -0.05) is 48.5 Å². The summed E-state index contributed by atoms with van der Waals surface area (Å²) in [5, 5.41) is 2.37. The van der Waals surface area contributed by atoms with Crippen LogP contribution in [-0.4, -0.2) is 60.6 Å². The van der Waals surface area contributed by atoms with Crippen molar-refractivity contribution in [1.82, 2.24) is 10.2 Å². The smallest absolute Gasteiger partial charge is 0.416 e. The second-order valence-corrected chi connectivity index (χ2v) is 13.3. The fourth-order valence-corrected chi connectivity index (χ4v) is 8.51. The normalized spacial score (nSPS) is 24.7. The molecule has 3 aromatic carbocycles. The molecule has 11 heteroatoms. The summed E-state index contributed by atoms with van der Waals surface area (Å²) in [6.45, 7) is 4.79. The standard InChI is InChI=1S/C28H31NO5.C11H10F3NO/c1-18(30)32-22-11-10-21-17-23-28(34-19(2)31)13-6-9-24-27(28,25(21)26(22)33-24)14-16-29(23)15-12-20-7-4-3-5-8-20;1-15-10(16)7-4-8-2-5-9(6-3-8)11(12,13)14/h3-5,7-8,10-11,23-24H,6,9,12-17H2,1-2H3;2-7H,1H3,(H,15,16)/b;7-4+/t23-,24+,27-,28-;/m1./s1. The van der Waals surface area contributed by atoms with Gasteiger partial charge in [0, 0.05) is 39.1 Å². The summed E-state index contributed by atoms with van der Waals surface area (Å²) in [6.07, 6.45) is 3.58. The first-order valence-corrected chi connectivity index (χ1v) is 16.9. The van der Waals surface area contributed by atoms with Gasteiger partial charge in [0.25, 0.3) is 0 Å². The molecule has 2 heterocycles. The van der Waals surface area contributed by atoms with Crippen LogP contribution in [0.5, 0.6) is 11.5 Å². The minimum Gasteiger partial charge on any atom is -0.485 e. The Morgan fingerprint density at radius 3 is 2.40 bits per heavy atom. The molecule has 2 aliphatic heterocycles. The second-order valence-electron chi connectivity index (χ2n) is 13.3. The molecule has 3 aromatic rings. The minimum absolute atomic E-state index is 0.0786. The second kappa shape index (κ2) is 13.9. The molecule has 8 nitrogen and oxygen atoms in total. The van der Waals surface area contributed by atoms with Crippen molar-refractivity contribution in [1.29, 1.82) is 0 Å². The van der Waals surface area contributed by atoms with E-state index in [4.69, 9.17) is 14.2 Å². The molecular formula is C39H41F3N2O6. The lowest BCUT2D eigenvalue weighted by Gasteiger charge is -2.64. The fraction of sp³-hybridized carbons (Fsp3) is 0.410. The third-order valence-corrected chi connectivity index (χ3v) is 10.4. The molecule has 0 radical (unpaired) electrons. The number of halogens is 3. The predicted molar refractivity (Wildman–Crippen MR) is 181 cm³/mol. The van der Waals surface area contributed by atoms with Crippen LogP contribution in [0.3, 0.4) is 0 Å². The summed E-state index contributed by atoms with van der Waals surface area (Å²) in [7, 11) is 1.47. The van der Waals surface area contributed by atoms with Crippen LogP contribution in [0.4, 0.5) is 13.2 Å². The highest BCUT2D eigenvalue weighted by atomic mass is 19.4. The first-order valence-electron chi connectivity index (χ1n) is 16.9. The zero-order valence-electron chi connectivity index (χ0n) is 28.3. The van der Waals surface area contributed by atoms with Crippen molar-refractivity contribution >= 4 is 23.9 Å². The third kappa shape index (κ3) is 6.51. The van der Waals surface area contributed by atoms with E-state index in [1.165, 1.54) is 56.3 Å². The number of esters is 2. The van der Waals surface area contributed by atoms with Crippen molar-refractivity contribution in [3.05, 3.63) is 101 Å². The van der Waals surface area contributed by atoms with Crippen LogP contribution in [-0.2, 0) is 43.6 Å². The van der Waals surface area contributed by atoms with Crippen molar-refractivity contribution in [3.8, 4) is 11.5 Å². The maximum absolute atomic E-state index is 12.6. The number of rotatable bonds is 7. The van der Waals surface area contributed by atoms with E-state index in [2.05, 4.69) is 40.5 Å².